The normalized spacial score (nSPS) is 19.2. The van der Waals surface area contributed by atoms with Gasteiger partial charge < -0.3 is 83.0 Å². The summed E-state index contributed by atoms with van der Waals surface area (Å²) in [7, 11) is -5.02. The maximum absolute atomic E-state index is 12.1. The number of carboxylic acid groups (broad SMARTS) is 1. The van der Waals surface area contributed by atoms with Crippen LogP contribution in [-0.2, 0) is 25.9 Å². The number of hydrogen-bond acceptors (Lipinski definition) is 19. The minimum Gasteiger partial charge on any atom is -0.478 e. The number of aliphatic imine (C=N–C) groups is 2. The molecule has 1 aromatic rings. The predicted octanol–water partition coefficient (Wildman–Crippen LogP) is 4.52. The Kier molecular flexibility index (Phi) is 44.3. The smallest absolute Gasteiger partial charge is 0.397 e. The summed E-state index contributed by atoms with van der Waals surface area (Å²) in [6.45, 7) is 7.06. The zero-order valence-electron chi connectivity index (χ0n) is 53.2. The van der Waals surface area contributed by atoms with Crippen LogP contribution in [0.3, 0.4) is 0 Å². The largest absolute Gasteiger partial charge is 0.478 e. The predicted molar refractivity (Wildman–Crippen MR) is 358 cm³/mol. The van der Waals surface area contributed by atoms with Gasteiger partial charge in [-0.05, 0) is 63.9 Å². The minimum absolute atomic E-state index is 0.0398. The maximum Gasteiger partial charge on any atom is 0.397 e. The zero-order valence-corrected chi connectivity index (χ0v) is 54.0. The summed E-state index contributed by atoms with van der Waals surface area (Å²) in [6.07, 6.45) is 20.9. The van der Waals surface area contributed by atoms with Gasteiger partial charge in [0.1, 0.15) is 12.2 Å². The Morgan fingerprint density at radius 1 is 0.565 bits per heavy atom. The van der Waals surface area contributed by atoms with Crippen molar-refractivity contribution in [3.8, 4) is 0 Å². The van der Waals surface area contributed by atoms with E-state index in [1.165, 1.54) is 56.4 Å². The van der Waals surface area contributed by atoms with Crippen molar-refractivity contribution >= 4 is 28.0 Å². The minimum atomic E-state index is -5.02. The van der Waals surface area contributed by atoms with E-state index in [1.54, 1.807) is 104 Å². The molecule has 24 heteroatoms. The fourth-order valence-corrected chi connectivity index (χ4v) is 9.60. The summed E-state index contributed by atoms with van der Waals surface area (Å²) in [5, 5.41) is 146. The number of unbranched alkanes of at least 4 members (excludes halogenated alkanes) is 1. The summed E-state index contributed by atoms with van der Waals surface area (Å²) >= 11 is 0. The molecule has 0 saturated heterocycles. The highest BCUT2D eigenvalue weighted by atomic mass is 32.3. The highest BCUT2D eigenvalue weighted by Gasteiger charge is 2.31. The summed E-state index contributed by atoms with van der Waals surface area (Å²) in [5.41, 5.74) is 11.6. The van der Waals surface area contributed by atoms with Crippen LogP contribution in [0.25, 0.3) is 0 Å². The third-order valence-corrected chi connectivity index (χ3v) is 14.9. The van der Waals surface area contributed by atoms with E-state index in [0.29, 0.717) is 6.42 Å². The van der Waals surface area contributed by atoms with Crippen LogP contribution in [-0.4, -0.2) is 194 Å². The molecule has 1 aromatic carbocycles. The molecule has 0 aliphatic heterocycles. The van der Waals surface area contributed by atoms with Crippen LogP contribution < -0.4 is 11.5 Å². The van der Waals surface area contributed by atoms with E-state index in [4.69, 9.17) is 20.8 Å². The van der Waals surface area contributed by atoms with Crippen molar-refractivity contribution in [1.29, 1.82) is 0 Å². The Balaban J connectivity index is 2.81. The second kappa shape index (κ2) is 48.6. The highest BCUT2D eigenvalue weighted by molar-refractivity contribution is 7.80. The first-order valence-electron chi connectivity index (χ1n) is 30.9. The second-order valence-electron chi connectivity index (χ2n) is 22.7. The van der Waals surface area contributed by atoms with E-state index in [0.717, 1.165) is 18.4 Å². The number of carboxylic acids is 1. The van der Waals surface area contributed by atoms with Gasteiger partial charge in [-0.1, -0.05) is 191 Å². The molecule has 92 heavy (non-hydrogen) atoms. The van der Waals surface area contributed by atoms with Gasteiger partial charge in [0.2, 0.25) is 0 Å². The standard InChI is InChI=1S/C68H104N4O19S/c1-47(28-19-14-10-9-11-15-20-29-48(2)67(86)87)65(84)49(3)59(80)37-23-16-12-7-5-6-8-13-17-24-38-63(91-92(88,89)90)50(4)64(72-46-51-30-21-18-22-31-51)60(81)43-55(76)34-25-32-52(73)40-57(78)41-53(74)33-26-35-56(77)44-61(82)66(85)62(83)45-58(79)42-54(75)36-27-39-71-68(69)70/h5-9,11-13,15-26,28-31,33-34,37-38,47,49-50,52-63,65-66,73-85H,10,14,27,32,35-36,39-46H2,1-4H3,(H,86,87)(H4,69,70,71)(H,88,89,90)/b7-5+,8-6+,11-9+,16-12+,17-13+,20-15+,28-19+,33-26+,34-25+,37-23+,38-24-,48-29+,72-64?. The average Bonchev–Trinajstić information content (AvgIpc) is 1.17. The van der Waals surface area contributed by atoms with E-state index in [9.17, 15) is 84.1 Å². The van der Waals surface area contributed by atoms with Gasteiger partial charge in [-0.25, -0.2) is 8.98 Å². The molecule has 19 N–H and O–H groups in total. The molecule has 0 aliphatic rings. The van der Waals surface area contributed by atoms with Crippen LogP contribution in [0, 0.1) is 17.8 Å². The van der Waals surface area contributed by atoms with Crippen molar-refractivity contribution < 1.29 is 93.4 Å². The van der Waals surface area contributed by atoms with Crippen LogP contribution in [0.2, 0.25) is 0 Å². The molecule has 0 radical (unpaired) electrons. The fourth-order valence-electron chi connectivity index (χ4n) is 9.09. The first kappa shape index (κ1) is 83.9. The number of hydrogen-bond donors (Lipinski definition) is 17. The Morgan fingerprint density at radius 3 is 1.65 bits per heavy atom. The molecule has 1 rings (SSSR count). The van der Waals surface area contributed by atoms with E-state index in [1.807, 2.05) is 37.3 Å². The number of nitrogens with two attached hydrogens (primary N) is 2. The molecule has 0 aliphatic carbocycles. The lowest BCUT2D eigenvalue weighted by atomic mass is 9.88. The summed E-state index contributed by atoms with van der Waals surface area (Å²) in [4.78, 5) is 19.2. The van der Waals surface area contributed by atoms with Crippen molar-refractivity contribution in [3.05, 3.63) is 181 Å². The number of allylic oxidation sites excluding steroid dienone is 16. The molecule has 17 unspecified atom stereocenters. The highest BCUT2D eigenvalue weighted by Crippen LogP contribution is 2.23. The summed E-state index contributed by atoms with van der Waals surface area (Å²) in [6, 6.07) is 8.98. The molecule has 0 fully saturated rings. The number of carbonyl (C=O) groups is 1. The quantitative estimate of drug-likeness (QED) is 0.00811. The maximum atomic E-state index is 12.1. The molecule has 0 saturated carbocycles. The number of aliphatic carboxylic acids is 1. The number of guanidine groups is 1. The molecule has 0 amide bonds. The molecule has 17 atom stereocenters. The SMILES string of the molecule is C\C(=C/C=C/C=C/CC/C=C/C(C)C(O)C(C)C(O)/C=C/C=C/C=C/C=C/C=C/C=C\C(OS(=O)(=O)O)C(C)C(=NCc1ccccc1)C(O)CC(O)/C=C/CC(O)CC(O)CC(O)/C=C/CC(O)CC(O)C(O)C(O)CC(O)CC(O)CCCN=C(N)N)C(=O)O. The van der Waals surface area contributed by atoms with Crippen molar-refractivity contribution in [1.82, 2.24) is 0 Å². The Hall–Kier alpha value is -6.14. The third-order valence-electron chi connectivity index (χ3n) is 14.4. The number of rotatable bonds is 48. The van der Waals surface area contributed by atoms with Crippen LogP contribution in [0.1, 0.15) is 110 Å². The van der Waals surface area contributed by atoms with Gasteiger partial charge in [0.05, 0.1) is 79.8 Å². The van der Waals surface area contributed by atoms with Crippen LogP contribution in [0.15, 0.2) is 186 Å². The molecule has 516 valence electrons. The topological polar surface area (TPSA) is 441 Å². The fraction of sp³-hybridized carbons (Fsp3) is 0.515. The van der Waals surface area contributed by atoms with Crippen LogP contribution in [0.4, 0.5) is 0 Å². The van der Waals surface area contributed by atoms with Crippen molar-refractivity contribution in [2.45, 2.75) is 197 Å². The Labute approximate surface area is 542 Å². The average molecular weight is 1310 g/mol. The second-order valence-corrected chi connectivity index (χ2v) is 23.8. The lowest BCUT2D eigenvalue weighted by Gasteiger charge is -2.26. The Morgan fingerprint density at radius 2 is 1.08 bits per heavy atom. The molecule has 0 heterocycles. The lowest BCUT2D eigenvalue weighted by Crippen LogP contribution is -2.41. The molecule has 0 bridgehead atoms. The van der Waals surface area contributed by atoms with Crippen molar-refractivity contribution in [2.75, 3.05) is 6.54 Å². The van der Waals surface area contributed by atoms with E-state index >= 15 is 0 Å². The Bertz CT molecular complexity index is 2760. The molecule has 0 spiro atoms. The van der Waals surface area contributed by atoms with Crippen molar-refractivity contribution in [3.63, 3.8) is 0 Å². The van der Waals surface area contributed by atoms with Gasteiger partial charge in [-0.2, -0.15) is 8.42 Å². The van der Waals surface area contributed by atoms with Gasteiger partial charge in [0.25, 0.3) is 0 Å². The van der Waals surface area contributed by atoms with E-state index < -0.39 is 114 Å². The lowest BCUT2D eigenvalue weighted by molar-refractivity contribution is -0.132. The van der Waals surface area contributed by atoms with E-state index in [-0.39, 0.29) is 94.0 Å². The van der Waals surface area contributed by atoms with E-state index in [2.05, 4.69) is 9.98 Å². The molecular weight excluding hydrogens is 1210 g/mol. The van der Waals surface area contributed by atoms with Crippen molar-refractivity contribution in [2.24, 2.45) is 39.2 Å². The van der Waals surface area contributed by atoms with Gasteiger partial charge in [0, 0.05) is 61.3 Å². The van der Waals surface area contributed by atoms with Crippen LogP contribution >= 0.6 is 0 Å². The molecule has 23 nitrogen and oxygen atoms in total. The number of benzene rings is 1. The van der Waals surface area contributed by atoms with Gasteiger partial charge >= 0.3 is 16.4 Å². The summed E-state index contributed by atoms with van der Waals surface area (Å²) in [5.74, 6) is -2.67. The monoisotopic (exact) mass is 1310 g/mol. The third kappa shape index (κ3) is 41.4. The first-order valence-corrected chi connectivity index (χ1v) is 32.3. The summed E-state index contributed by atoms with van der Waals surface area (Å²) < 4.78 is 38.9. The van der Waals surface area contributed by atoms with Crippen LogP contribution in [0.5, 0.6) is 0 Å². The number of nitrogens with zero attached hydrogens (tertiary/aromatic N) is 2. The van der Waals surface area contributed by atoms with Gasteiger partial charge in [0.15, 0.2) is 5.96 Å². The van der Waals surface area contributed by atoms with Gasteiger partial charge in [-0.3, -0.25) is 14.5 Å². The number of aliphatic hydroxyl groups excluding tert-OH is 13. The molecular formula is C68H104N4O19S. The zero-order chi connectivity index (χ0) is 69.0. The number of aliphatic hydroxyl groups is 13. The van der Waals surface area contributed by atoms with Gasteiger partial charge in [-0.15, -0.1) is 0 Å². The first-order chi connectivity index (χ1) is 43.5. The molecule has 0 aromatic heterocycles.